The van der Waals surface area contributed by atoms with Crippen LogP contribution >= 0.6 is 0 Å². The summed E-state index contributed by atoms with van der Waals surface area (Å²) in [7, 11) is 0. The molecule has 0 saturated carbocycles. The van der Waals surface area contributed by atoms with Crippen LogP contribution in [0.4, 0.5) is 0 Å². The van der Waals surface area contributed by atoms with Crippen molar-refractivity contribution >= 4 is 5.91 Å². The molecule has 1 amide bonds. The molecule has 0 radical (unpaired) electrons. The number of rotatable bonds is 5. The van der Waals surface area contributed by atoms with Crippen LogP contribution in [0.25, 0.3) is 0 Å². The van der Waals surface area contributed by atoms with Gasteiger partial charge in [0, 0.05) is 5.57 Å². The SMILES string of the molecule is CC1(C)C=C(C(=O)NC(CO)C(O)CO)C(C)(C)N1O. The van der Waals surface area contributed by atoms with E-state index < -0.39 is 42.3 Å². The number of nitrogens with zero attached hydrogens (tertiary/aromatic N) is 1. The molecule has 5 N–H and O–H groups in total. The fourth-order valence-electron chi connectivity index (χ4n) is 2.41. The molecule has 20 heavy (non-hydrogen) atoms. The van der Waals surface area contributed by atoms with Crippen LogP contribution in [-0.2, 0) is 4.79 Å². The molecule has 1 aliphatic heterocycles. The molecule has 2 atom stereocenters. The first-order valence-electron chi connectivity index (χ1n) is 6.51. The summed E-state index contributed by atoms with van der Waals surface area (Å²) in [6, 6.07) is -0.958. The van der Waals surface area contributed by atoms with E-state index in [0.717, 1.165) is 5.06 Å². The quantitative estimate of drug-likeness (QED) is 0.444. The second-order valence-corrected chi connectivity index (χ2v) is 6.09. The fraction of sp³-hybridized carbons (Fsp3) is 0.769. The lowest BCUT2D eigenvalue weighted by atomic mass is 9.95. The van der Waals surface area contributed by atoms with Crippen molar-refractivity contribution in [3.63, 3.8) is 0 Å². The molecule has 2 unspecified atom stereocenters. The van der Waals surface area contributed by atoms with Crippen LogP contribution in [0.5, 0.6) is 0 Å². The van der Waals surface area contributed by atoms with Gasteiger partial charge in [0.2, 0.25) is 5.91 Å². The van der Waals surface area contributed by atoms with Gasteiger partial charge in [0.1, 0.15) is 0 Å². The van der Waals surface area contributed by atoms with Crippen LogP contribution in [0.15, 0.2) is 11.6 Å². The second kappa shape index (κ2) is 5.79. The molecular formula is C13H24N2O5. The predicted molar refractivity (Wildman–Crippen MR) is 72.0 cm³/mol. The van der Waals surface area contributed by atoms with E-state index in [1.807, 2.05) is 0 Å². The lowest BCUT2D eigenvalue weighted by Crippen LogP contribution is -2.52. The van der Waals surface area contributed by atoms with Gasteiger partial charge in [-0.1, -0.05) is 6.08 Å². The highest BCUT2D eigenvalue weighted by atomic mass is 16.5. The number of aliphatic hydroxyl groups is 3. The zero-order chi connectivity index (χ0) is 15.7. The molecule has 7 nitrogen and oxygen atoms in total. The number of nitrogens with one attached hydrogen (secondary N) is 1. The van der Waals surface area contributed by atoms with Gasteiger partial charge in [0.05, 0.1) is 36.4 Å². The third-order valence-electron chi connectivity index (χ3n) is 3.64. The summed E-state index contributed by atoms with van der Waals surface area (Å²) in [5.74, 6) is -0.494. The van der Waals surface area contributed by atoms with Crippen molar-refractivity contribution in [2.75, 3.05) is 13.2 Å². The standard InChI is InChI=1S/C13H24N2O5/c1-12(2)5-8(13(3,4)15(12)20)11(19)14-9(6-16)10(18)7-17/h5,9-10,16-18,20H,6-7H2,1-4H3,(H,14,19). The van der Waals surface area contributed by atoms with Crippen molar-refractivity contribution in [2.24, 2.45) is 0 Å². The summed E-state index contributed by atoms with van der Waals surface area (Å²) in [5, 5.41) is 41.2. The molecule has 0 aromatic heterocycles. The minimum atomic E-state index is -1.24. The molecule has 7 heteroatoms. The van der Waals surface area contributed by atoms with E-state index >= 15 is 0 Å². The molecule has 1 heterocycles. The van der Waals surface area contributed by atoms with Gasteiger partial charge >= 0.3 is 0 Å². The number of amides is 1. The highest BCUT2D eigenvalue weighted by Gasteiger charge is 2.48. The Morgan fingerprint density at radius 1 is 1.30 bits per heavy atom. The van der Waals surface area contributed by atoms with Crippen LogP contribution < -0.4 is 5.32 Å². The largest absolute Gasteiger partial charge is 0.394 e. The summed E-state index contributed by atoms with van der Waals surface area (Å²) >= 11 is 0. The summed E-state index contributed by atoms with van der Waals surface area (Å²) in [5.41, 5.74) is -1.24. The smallest absolute Gasteiger partial charge is 0.249 e. The monoisotopic (exact) mass is 288 g/mol. The maximum Gasteiger partial charge on any atom is 0.249 e. The number of hydrogen-bond donors (Lipinski definition) is 5. The van der Waals surface area contributed by atoms with E-state index in [9.17, 15) is 15.1 Å². The van der Waals surface area contributed by atoms with Crippen molar-refractivity contribution in [3.8, 4) is 0 Å². The van der Waals surface area contributed by atoms with E-state index in [4.69, 9.17) is 10.2 Å². The van der Waals surface area contributed by atoms with E-state index in [1.165, 1.54) is 0 Å². The summed E-state index contributed by atoms with van der Waals surface area (Å²) in [6.45, 7) is 5.87. The Labute approximate surface area is 118 Å². The Kier molecular flexibility index (Phi) is 4.94. The van der Waals surface area contributed by atoms with Crippen molar-refractivity contribution in [1.82, 2.24) is 10.4 Å². The molecule has 0 aliphatic carbocycles. The lowest BCUT2D eigenvalue weighted by Gasteiger charge is -2.36. The van der Waals surface area contributed by atoms with Gasteiger partial charge in [-0.25, -0.2) is 0 Å². The Morgan fingerprint density at radius 3 is 2.20 bits per heavy atom. The number of hydrogen-bond acceptors (Lipinski definition) is 6. The molecule has 0 saturated heterocycles. The van der Waals surface area contributed by atoms with Gasteiger partial charge in [-0.2, -0.15) is 5.06 Å². The second-order valence-electron chi connectivity index (χ2n) is 6.09. The zero-order valence-electron chi connectivity index (χ0n) is 12.3. The van der Waals surface area contributed by atoms with Crippen LogP contribution in [0.2, 0.25) is 0 Å². The van der Waals surface area contributed by atoms with Gasteiger partial charge < -0.3 is 25.8 Å². The van der Waals surface area contributed by atoms with Crippen molar-refractivity contribution < 1.29 is 25.3 Å². The normalized spacial score (nSPS) is 24.1. The maximum absolute atomic E-state index is 12.3. The van der Waals surface area contributed by atoms with Crippen molar-refractivity contribution in [2.45, 2.75) is 50.9 Å². The molecular weight excluding hydrogens is 264 g/mol. The van der Waals surface area contributed by atoms with E-state index in [2.05, 4.69) is 5.32 Å². The summed E-state index contributed by atoms with van der Waals surface area (Å²) in [6.07, 6.45) is 0.398. The third kappa shape index (κ3) is 3.02. The van der Waals surface area contributed by atoms with Gasteiger partial charge in [0.15, 0.2) is 0 Å². The Balaban J connectivity index is 2.92. The van der Waals surface area contributed by atoms with E-state index in [0.29, 0.717) is 5.57 Å². The first kappa shape index (κ1) is 17.1. The van der Waals surface area contributed by atoms with Crippen LogP contribution in [-0.4, -0.2) is 67.9 Å². The summed E-state index contributed by atoms with van der Waals surface area (Å²) in [4.78, 5) is 12.3. The van der Waals surface area contributed by atoms with E-state index in [1.54, 1.807) is 33.8 Å². The molecule has 116 valence electrons. The Morgan fingerprint density at radius 2 is 1.85 bits per heavy atom. The first-order chi connectivity index (χ1) is 9.07. The highest BCUT2D eigenvalue weighted by molar-refractivity contribution is 5.96. The minimum Gasteiger partial charge on any atom is -0.394 e. The molecule has 0 fully saturated rings. The van der Waals surface area contributed by atoms with Gasteiger partial charge in [-0.3, -0.25) is 4.79 Å². The maximum atomic E-state index is 12.3. The fourth-order valence-corrected chi connectivity index (χ4v) is 2.41. The highest BCUT2D eigenvalue weighted by Crippen LogP contribution is 2.38. The van der Waals surface area contributed by atoms with Crippen LogP contribution in [0, 0.1) is 0 Å². The Bertz CT molecular complexity index is 406. The number of aliphatic hydroxyl groups excluding tert-OH is 3. The number of carbonyl (C=O) groups excluding carboxylic acids is 1. The van der Waals surface area contributed by atoms with Gasteiger partial charge in [-0.15, -0.1) is 0 Å². The predicted octanol–water partition coefficient (Wildman–Crippen LogP) is -0.995. The number of carbonyl (C=O) groups is 1. The molecule has 0 aromatic carbocycles. The topological polar surface area (TPSA) is 113 Å². The van der Waals surface area contributed by atoms with Gasteiger partial charge in [-0.05, 0) is 27.7 Å². The van der Waals surface area contributed by atoms with Crippen LogP contribution in [0.1, 0.15) is 27.7 Å². The summed E-state index contributed by atoms with van der Waals surface area (Å²) < 4.78 is 0. The lowest BCUT2D eigenvalue weighted by molar-refractivity contribution is -0.186. The molecule has 0 aromatic rings. The number of hydroxylamine groups is 2. The molecule has 0 bridgehead atoms. The minimum absolute atomic E-state index is 0.341. The van der Waals surface area contributed by atoms with Crippen molar-refractivity contribution in [1.29, 1.82) is 0 Å². The van der Waals surface area contributed by atoms with E-state index in [-0.39, 0.29) is 0 Å². The molecule has 1 rings (SSSR count). The first-order valence-corrected chi connectivity index (χ1v) is 6.51. The molecule has 1 aliphatic rings. The third-order valence-corrected chi connectivity index (χ3v) is 3.64. The van der Waals surface area contributed by atoms with Gasteiger partial charge in [0.25, 0.3) is 0 Å². The van der Waals surface area contributed by atoms with Crippen molar-refractivity contribution in [3.05, 3.63) is 11.6 Å². The zero-order valence-corrected chi connectivity index (χ0v) is 12.3. The Hall–Kier alpha value is -0.990. The molecule has 0 spiro atoms. The average Bonchev–Trinajstić information content (AvgIpc) is 2.55. The van der Waals surface area contributed by atoms with Crippen LogP contribution in [0.3, 0.4) is 0 Å². The average molecular weight is 288 g/mol.